The van der Waals surface area contributed by atoms with E-state index < -0.39 is 16.1 Å². The molecule has 1 N–H and O–H groups in total. The highest BCUT2D eigenvalue weighted by Gasteiger charge is 2.30. The molecule has 1 amide bonds. The second-order valence-corrected chi connectivity index (χ2v) is 8.48. The van der Waals surface area contributed by atoms with E-state index in [1.165, 1.54) is 0 Å². The molecule has 0 saturated carbocycles. The largest absolute Gasteiger partial charge is 0.352 e. The maximum absolute atomic E-state index is 12.4. The molecule has 0 aromatic heterocycles. The van der Waals surface area contributed by atoms with Gasteiger partial charge in [0.25, 0.3) is 0 Å². The first-order chi connectivity index (χ1) is 10.4. The predicted molar refractivity (Wildman–Crippen MR) is 95.4 cm³/mol. The van der Waals surface area contributed by atoms with Crippen LogP contribution in [0.5, 0.6) is 0 Å². The molecular formula is C16H25ClN2O3S. The number of carbonyl (C=O) groups is 1. The van der Waals surface area contributed by atoms with Gasteiger partial charge in [0, 0.05) is 11.1 Å². The fraction of sp³-hybridized carbons (Fsp3) is 0.562. The topological polar surface area (TPSA) is 66.5 Å². The summed E-state index contributed by atoms with van der Waals surface area (Å²) in [7, 11) is -3.63. The Hall–Kier alpha value is -1.27. The molecule has 1 rings (SSSR count). The zero-order chi connectivity index (χ0) is 17.9. The number of rotatable bonds is 6. The zero-order valence-corrected chi connectivity index (χ0v) is 16.0. The summed E-state index contributed by atoms with van der Waals surface area (Å²) >= 11 is 6.10. The van der Waals surface area contributed by atoms with E-state index in [-0.39, 0.29) is 17.9 Å². The number of hydrogen-bond donors (Lipinski definition) is 1. The van der Waals surface area contributed by atoms with Crippen molar-refractivity contribution in [1.82, 2.24) is 5.32 Å². The number of nitrogens with zero attached hydrogens (tertiary/aromatic N) is 1. The van der Waals surface area contributed by atoms with Crippen LogP contribution in [-0.2, 0) is 14.8 Å². The summed E-state index contributed by atoms with van der Waals surface area (Å²) in [6.07, 6.45) is 1.08. The first kappa shape index (κ1) is 19.8. The van der Waals surface area contributed by atoms with Gasteiger partial charge in [-0.05, 0) is 44.4 Å². The van der Waals surface area contributed by atoms with Gasteiger partial charge in [0.1, 0.15) is 6.04 Å². The average molecular weight is 361 g/mol. The number of benzene rings is 1. The molecule has 0 radical (unpaired) electrons. The van der Waals surface area contributed by atoms with Crippen LogP contribution in [0.2, 0.25) is 5.02 Å². The third kappa shape index (κ3) is 5.11. The van der Waals surface area contributed by atoms with Crippen molar-refractivity contribution in [1.29, 1.82) is 0 Å². The Labute approximate surface area is 144 Å². The summed E-state index contributed by atoms with van der Waals surface area (Å²) in [5.74, 6) is -0.0834. The third-order valence-electron chi connectivity index (χ3n) is 3.87. The van der Waals surface area contributed by atoms with Crippen LogP contribution in [0.25, 0.3) is 0 Å². The van der Waals surface area contributed by atoms with E-state index in [4.69, 9.17) is 11.6 Å². The molecule has 0 aliphatic rings. The average Bonchev–Trinajstić information content (AvgIpc) is 2.41. The molecule has 1 aromatic carbocycles. The summed E-state index contributed by atoms with van der Waals surface area (Å²) < 4.78 is 25.5. The SMILES string of the molecule is Cc1ccc(N([C@H](C)C(=O)N[C@@H](C)C(C)C)S(C)(=O)=O)cc1Cl. The second kappa shape index (κ2) is 7.53. The highest BCUT2D eigenvalue weighted by atomic mass is 35.5. The van der Waals surface area contributed by atoms with E-state index in [1.807, 2.05) is 27.7 Å². The van der Waals surface area contributed by atoms with Crippen LogP contribution < -0.4 is 9.62 Å². The van der Waals surface area contributed by atoms with Gasteiger partial charge in [-0.15, -0.1) is 0 Å². The molecular weight excluding hydrogens is 336 g/mol. The van der Waals surface area contributed by atoms with Gasteiger partial charge in [0.15, 0.2) is 0 Å². The molecule has 0 aliphatic heterocycles. The van der Waals surface area contributed by atoms with Gasteiger partial charge in [0.05, 0.1) is 11.9 Å². The zero-order valence-electron chi connectivity index (χ0n) is 14.4. The van der Waals surface area contributed by atoms with E-state index in [0.717, 1.165) is 16.1 Å². The Morgan fingerprint density at radius 1 is 1.22 bits per heavy atom. The van der Waals surface area contributed by atoms with E-state index >= 15 is 0 Å². The Kier molecular flexibility index (Phi) is 6.48. The first-order valence-corrected chi connectivity index (χ1v) is 9.73. The number of amides is 1. The number of anilines is 1. The number of hydrogen-bond acceptors (Lipinski definition) is 3. The minimum Gasteiger partial charge on any atom is -0.352 e. The third-order valence-corrected chi connectivity index (χ3v) is 5.52. The Morgan fingerprint density at radius 2 is 1.78 bits per heavy atom. The lowest BCUT2D eigenvalue weighted by molar-refractivity contribution is -0.122. The number of carbonyl (C=O) groups excluding carboxylic acids is 1. The number of nitrogens with one attached hydrogen (secondary N) is 1. The summed E-state index contributed by atoms with van der Waals surface area (Å²) in [5, 5.41) is 3.31. The lowest BCUT2D eigenvalue weighted by Gasteiger charge is -2.30. The molecule has 0 heterocycles. The highest BCUT2D eigenvalue weighted by molar-refractivity contribution is 7.92. The molecule has 2 atom stereocenters. The van der Waals surface area contributed by atoms with Gasteiger partial charge in [-0.2, -0.15) is 0 Å². The second-order valence-electron chi connectivity index (χ2n) is 6.21. The lowest BCUT2D eigenvalue weighted by Crippen LogP contribution is -2.50. The minimum atomic E-state index is -3.63. The summed E-state index contributed by atoms with van der Waals surface area (Å²) in [6.45, 7) is 9.27. The van der Waals surface area contributed by atoms with Crippen molar-refractivity contribution in [3.05, 3.63) is 28.8 Å². The van der Waals surface area contributed by atoms with Crippen LogP contribution in [0.1, 0.15) is 33.3 Å². The van der Waals surface area contributed by atoms with Crippen LogP contribution in [-0.4, -0.2) is 32.7 Å². The molecule has 1 aromatic rings. The van der Waals surface area contributed by atoms with E-state index in [2.05, 4.69) is 5.32 Å². The molecule has 7 heteroatoms. The van der Waals surface area contributed by atoms with E-state index in [9.17, 15) is 13.2 Å². The van der Waals surface area contributed by atoms with Crippen LogP contribution in [0, 0.1) is 12.8 Å². The van der Waals surface area contributed by atoms with E-state index in [0.29, 0.717) is 10.7 Å². The minimum absolute atomic E-state index is 0.0482. The Bertz CT molecular complexity index is 674. The van der Waals surface area contributed by atoms with Crippen molar-refractivity contribution in [3.8, 4) is 0 Å². The molecule has 0 fully saturated rings. The van der Waals surface area contributed by atoms with E-state index in [1.54, 1.807) is 25.1 Å². The van der Waals surface area contributed by atoms with Gasteiger partial charge in [0.2, 0.25) is 15.9 Å². The molecule has 0 spiro atoms. The van der Waals surface area contributed by atoms with Gasteiger partial charge < -0.3 is 5.32 Å². The normalized spacial score (nSPS) is 14.4. The summed E-state index contributed by atoms with van der Waals surface area (Å²) in [5.41, 5.74) is 1.22. The van der Waals surface area contributed by atoms with Crippen molar-refractivity contribution in [2.45, 2.75) is 46.7 Å². The predicted octanol–water partition coefficient (Wildman–Crippen LogP) is 2.96. The smallest absolute Gasteiger partial charge is 0.243 e. The van der Waals surface area contributed by atoms with Crippen LogP contribution in [0.4, 0.5) is 5.69 Å². The fourth-order valence-corrected chi connectivity index (χ4v) is 3.38. The highest BCUT2D eigenvalue weighted by Crippen LogP contribution is 2.26. The molecule has 23 heavy (non-hydrogen) atoms. The Morgan fingerprint density at radius 3 is 2.22 bits per heavy atom. The molecule has 130 valence electrons. The quantitative estimate of drug-likeness (QED) is 0.848. The standard InChI is InChI=1S/C16H25ClN2O3S/c1-10(2)12(4)18-16(20)13(5)19(23(6,21)22)14-8-7-11(3)15(17)9-14/h7-10,12-13H,1-6H3,(H,18,20)/t12-,13+/m0/s1. The van der Waals surface area contributed by atoms with Gasteiger partial charge in [-0.3, -0.25) is 9.10 Å². The molecule has 5 nitrogen and oxygen atoms in total. The lowest BCUT2D eigenvalue weighted by atomic mass is 10.1. The fourth-order valence-electron chi connectivity index (χ4n) is 2.04. The molecule has 0 aliphatic carbocycles. The summed E-state index contributed by atoms with van der Waals surface area (Å²) in [4.78, 5) is 12.4. The van der Waals surface area contributed by atoms with Crippen molar-refractivity contribution in [2.75, 3.05) is 10.6 Å². The van der Waals surface area contributed by atoms with Crippen LogP contribution in [0.15, 0.2) is 18.2 Å². The van der Waals surface area contributed by atoms with Crippen molar-refractivity contribution < 1.29 is 13.2 Å². The molecule has 0 bridgehead atoms. The number of halogens is 1. The van der Waals surface area contributed by atoms with Gasteiger partial charge in [-0.1, -0.05) is 31.5 Å². The van der Waals surface area contributed by atoms with Crippen molar-refractivity contribution >= 4 is 33.2 Å². The first-order valence-electron chi connectivity index (χ1n) is 7.51. The summed E-state index contributed by atoms with van der Waals surface area (Å²) in [6, 6.07) is 4.03. The number of sulfonamides is 1. The van der Waals surface area contributed by atoms with Gasteiger partial charge >= 0.3 is 0 Å². The molecule has 0 saturated heterocycles. The maximum Gasteiger partial charge on any atom is 0.243 e. The monoisotopic (exact) mass is 360 g/mol. The van der Waals surface area contributed by atoms with Crippen LogP contribution in [0.3, 0.4) is 0 Å². The van der Waals surface area contributed by atoms with Crippen LogP contribution >= 0.6 is 11.6 Å². The van der Waals surface area contributed by atoms with Crippen molar-refractivity contribution in [3.63, 3.8) is 0 Å². The Balaban J connectivity index is 3.17. The van der Waals surface area contributed by atoms with Crippen molar-refractivity contribution in [2.24, 2.45) is 5.92 Å². The maximum atomic E-state index is 12.4. The van der Waals surface area contributed by atoms with Gasteiger partial charge in [-0.25, -0.2) is 8.42 Å². The molecule has 0 unspecified atom stereocenters. The number of aryl methyl sites for hydroxylation is 1.